The van der Waals surface area contributed by atoms with Gasteiger partial charge in [0, 0.05) is 37.1 Å². The average molecular weight is 455 g/mol. The summed E-state index contributed by atoms with van der Waals surface area (Å²) in [6, 6.07) is 16.8. The minimum absolute atomic E-state index is 0.0158. The Hall–Kier alpha value is -3.37. The highest BCUT2D eigenvalue weighted by Crippen LogP contribution is 2.30. The lowest BCUT2D eigenvalue weighted by atomic mass is 10.1. The van der Waals surface area contributed by atoms with Crippen LogP contribution in [0.2, 0.25) is 0 Å². The van der Waals surface area contributed by atoms with E-state index >= 15 is 0 Å². The minimum Gasteiger partial charge on any atom is -0.491 e. The zero-order valence-corrected chi connectivity index (χ0v) is 18.8. The third-order valence-corrected chi connectivity index (χ3v) is 6.30. The Morgan fingerprint density at radius 3 is 2.59 bits per heavy atom. The van der Waals surface area contributed by atoms with Crippen molar-refractivity contribution in [1.29, 1.82) is 0 Å². The first-order valence-electron chi connectivity index (χ1n) is 10.2. The quantitative estimate of drug-likeness (QED) is 0.584. The van der Waals surface area contributed by atoms with Crippen molar-refractivity contribution in [1.82, 2.24) is 9.97 Å². The van der Waals surface area contributed by atoms with Crippen molar-refractivity contribution in [3.63, 3.8) is 0 Å². The van der Waals surface area contributed by atoms with Crippen LogP contribution in [-0.4, -0.2) is 51.2 Å². The van der Waals surface area contributed by atoms with Gasteiger partial charge in [0.25, 0.3) is 0 Å². The summed E-state index contributed by atoms with van der Waals surface area (Å²) in [5.74, 6) is 1.60. The second-order valence-electron chi connectivity index (χ2n) is 7.61. The molecule has 0 unspecified atom stereocenters. The molecule has 4 rings (SSSR count). The second kappa shape index (κ2) is 9.01. The second-order valence-corrected chi connectivity index (χ2v) is 9.17. The maximum absolute atomic E-state index is 11.6. The van der Waals surface area contributed by atoms with Crippen molar-refractivity contribution < 1.29 is 13.2 Å². The third kappa shape index (κ3) is 4.76. The number of rotatable bonds is 6. The van der Waals surface area contributed by atoms with Crippen molar-refractivity contribution in [3.8, 4) is 5.75 Å². The van der Waals surface area contributed by atoms with Gasteiger partial charge in [-0.05, 0) is 37.3 Å². The van der Waals surface area contributed by atoms with Gasteiger partial charge in [-0.3, -0.25) is 0 Å². The van der Waals surface area contributed by atoms with Crippen LogP contribution in [0.4, 0.5) is 23.1 Å². The summed E-state index contributed by atoms with van der Waals surface area (Å²) in [7, 11) is -2.21. The van der Waals surface area contributed by atoms with Gasteiger partial charge in [-0.2, -0.15) is 4.98 Å². The standard InChI is InChI=1S/C22H26N6O3S/c1-16-15-27(11-12-28(16)18-8-4-3-5-9-18)21-20(31-2)14-24-22(26-21)25-17-7-6-10-19(13-17)32(23,29)30/h3-10,13-14,16H,11-12,15H2,1-2H3,(H2,23,29,30)(H,24,25,26)/t16-/m0/s1. The van der Waals surface area contributed by atoms with E-state index < -0.39 is 10.0 Å². The predicted octanol–water partition coefficient (Wildman–Crippen LogP) is 2.59. The van der Waals surface area contributed by atoms with Gasteiger partial charge in [0.2, 0.25) is 16.0 Å². The lowest BCUT2D eigenvalue weighted by Crippen LogP contribution is -2.52. The summed E-state index contributed by atoms with van der Waals surface area (Å²) in [5.41, 5.74) is 1.72. The molecule has 1 saturated heterocycles. The lowest BCUT2D eigenvalue weighted by Gasteiger charge is -2.42. The van der Waals surface area contributed by atoms with Crippen LogP contribution in [0.3, 0.4) is 0 Å². The molecule has 0 radical (unpaired) electrons. The van der Waals surface area contributed by atoms with E-state index in [1.54, 1.807) is 25.4 Å². The van der Waals surface area contributed by atoms with E-state index in [1.165, 1.54) is 17.8 Å². The van der Waals surface area contributed by atoms with Crippen LogP contribution in [0, 0.1) is 0 Å². The predicted molar refractivity (Wildman–Crippen MR) is 125 cm³/mol. The number of sulfonamides is 1. The molecule has 0 bridgehead atoms. The maximum Gasteiger partial charge on any atom is 0.238 e. The van der Waals surface area contributed by atoms with Crippen LogP contribution >= 0.6 is 0 Å². The molecule has 3 aromatic rings. The maximum atomic E-state index is 11.6. The Balaban J connectivity index is 1.56. The minimum atomic E-state index is -3.80. The van der Waals surface area contributed by atoms with E-state index in [1.807, 2.05) is 18.2 Å². The molecule has 1 aromatic heterocycles. The molecule has 0 amide bonds. The monoisotopic (exact) mass is 454 g/mol. The normalized spacial score (nSPS) is 16.7. The molecule has 3 N–H and O–H groups in total. The van der Waals surface area contributed by atoms with Gasteiger partial charge in [-0.1, -0.05) is 24.3 Å². The third-order valence-electron chi connectivity index (χ3n) is 5.39. The number of methoxy groups -OCH3 is 1. The molecule has 1 fully saturated rings. The van der Waals surface area contributed by atoms with E-state index in [4.69, 9.17) is 9.88 Å². The first-order valence-corrected chi connectivity index (χ1v) is 11.8. The van der Waals surface area contributed by atoms with Gasteiger partial charge in [0.1, 0.15) is 0 Å². The number of para-hydroxylation sites is 1. The van der Waals surface area contributed by atoms with E-state index in [0.29, 0.717) is 23.2 Å². The topological polar surface area (TPSA) is 114 Å². The zero-order chi connectivity index (χ0) is 22.7. The van der Waals surface area contributed by atoms with Gasteiger partial charge in [0.15, 0.2) is 11.6 Å². The van der Waals surface area contributed by atoms with Crippen molar-refractivity contribution in [2.45, 2.75) is 17.9 Å². The number of benzene rings is 2. The van der Waals surface area contributed by atoms with Gasteiger partial charge < -0.3 is 19.9 Å². The van der Waals surface area contributed by atoms with Crippen LogP contribution in [0.5, 0.6) is 5.75 Å². The number of anilines is 4. The molecule has 32 heavy (non-hydrogen) atoms. The molecular weight excluding hydrogens is 428 g/mol. The fraction of sp³-hybridized carbons (Fsp3) is 0.273. The molecule has 1 atom stereocenters. The Kier molecular flexibility index (Phi) is 6.15. The molecule has 0 spiro atoms. The molecule has 168 valence electrons. The summed E-state index contributed by atoms with van der Waals surface area (Å²) in [6.45, 7) is 4.57. The Labute approximate surface area is 187 Å². The molecule has 10 heteroatoms. The molecule has 1 aliphatic rings. The highest BCUT2D eigenvalue weighted by Gasteiger charge is 2.27. The lowest BCUT2D eigenvalue weighted by molar-refractivity contribution is 0.408. The van der Waals surface area contributed by atoms with Crippen LogP contribution in [0.1, 0.15) is 6.92 Å². The number of aromatic nitrogens is 2. The Morgan fingerprint density at radius 1 is 1.12 bits per heavy atom. The van der Waals surface area contributed by atoms with Crippen molar-refractivity contribution in [2.75, 3.05) is 41.9 Å². The van der Waals surface area contributed by atoms with Crippen LogP contribution in [0.15, 0.2) is 65.7 Å². The zero-order valence-electron chi connectivity index (χ0n) is 18.0. The molecule has 0 aliphatic carbocycles. The Morgan fingerprint density at radius 2 is 1.91 bits per heavy atom. The fourth-order valence-electron chi connectivity index (χ4n) is 3.83. The van der Waals surface area contributed by atoms with Crippen LogP contribution in [-0.2, 0) is 10.0 Å². The van der Waals surface area contributed by atoms with E-state index in [0.717, 1.165) is 19.6 Å². The molecule has 1 aliphatic heterocycles. The van der Waals surface area contributed by atoms with Crippen LogP contribution in [0.25, 0.3) is 0 Å². The Bertz CT molecular complexity index is 1190. The summed E-state index contributed by atoms with van der Waals surface area (Å²) in [4.78, 5) is 13.5. The van der Waals surface area contributed by atoms with Crippen LogP contribution < -0.4 is 25.0 Å². The highest BCUT2D eigenvalue weighted by molar-refractivity contribution is 7.89. The molecule has 0 saturated carbocycles. The largest absolute Gasteiger partial charge is 0.491 e. The molecule has 9 nitrogen and oxygen atoms in total. The first-order chi connectivity index (χ1) is 15.3. The van der Waals surface area contributed by atoms with E-state index in [2.05, 4.69) is 44.1 Å². The SMILES string of the molecule is COc1cnc(Nc2cccc(S(N)(=O)=O)c2)nc1N1CCN(c2ccccc2)[C@@H](C)C1. The van der Waals surface area contributed by atoms with Gasteiger partial charge in [-0.25, -0.2) is 18.5 Å². The highest BCUT2D eigenvalue weighted by atomic mass is 32.2. The first kappa shape index (κ1) is 21.8. The van der Waals surface area contributed by atoms with Crippen molar-refractivity contribution in [2.24, 2.45) is 5.14 Å². The number of ether oxygens (including phenoxy) is 1. The van der Waals surface area contributed by atoms with Gasteiger partial charge >= 0.3 is 0 Å². The summed E-state index contributed by atoms with van der Waals surface area (Å²) in [5, 5.41) is 8.29. The number of piperazine rings is 1. The van der Waals surface area contributed by atoms with Gasteiger partial charge in [0.05, 0.1) is 18.2 Å². The smallest absolute Gasteiger partial charge is 0.238 e. The van der Waals surface area contributed by atoms with E-state index in [-0.39, 0.29) is 10.9 Å². The molecule has 2 aromatic carbocycles. The number of nitrogens with two attached hydrogens (primary N) is 1. The van der Waals surface area contributed by atoms with E-state index in [9.17, 15) is 8.42 Å². The van der Waals surface area contributed by atoms with Crippen molar-refractivity contribution in [3.05, 3.63) is 60.8 Å². The number of nitrogens with one attached hydrogen (secondary N) is 1. The average Bonchev–Trinajstić information content (AvgIpc) is 2.79. The van der Waals surface area contributed by atoms with Crippen molar-refractivity contribution >= 4 is 33.2 Å². The number of nitrogens with zero attached hydrogens (tertiary/aromatic N) is 4. The number of primary sulfonamides is 1. The molecular formula is C22H26N6O3S. The number of hydrogen-bond acceptors (Lipinski definition) is 8. The molecule has 2 heterocycles. The van der Waals surface area contributed by atoms with Gasteiger partial charge in [-0.15, -0.1) is 0 Å². The summed E-state index contributed by atoms with van der Waals surface area (Å²) < 4.78 is 28.8. The summed E-state index contributed by atoms with van der Waals surface area (Å²) >= 11 is 0. The fourth-order valence-corrected chi connectivity index (χ4v) is 4.39. The summed E-state index contributed by atoms with van der Waals surface area (Å²) in [6.07, 6.45) is 1.61. The number of hydrogen-bond donors (Lipinski definition) is 2.